The van der Waals surface area contributed by atoms with Crippen molar-refractivity contribution in [3.63, 3.8) is 0 Å². The number of nitrogens with zero attached hydrogens (tertiary/aromatic N) is 1. The maximum atomic E-state index is 5.18. The summed E-state index contributed by atoms with van der Waals surface area (Å²) < 4.78 is 0. The lowest BCUT2D eigenvalue weighted by Crippen LogP contribution is -2.13. The van der Waals surface area contributed by atoms with Crippen LogP contribution in [0.5, 0.6) is 0 Å². The summed E-state index contributed by atoms with van der Waals surface area (Å²) >= 11 is 0. The van der Waals surface area contributed by atoms with Gasteiger partial charge in [-0.3, -0.25) is 4.98 Å². The highest BCUT2D eigenvalue weighted by Crippen LogP contribution is 2.15. The molecule has 0 fully saturated rings. The second kappa shape index (κ2) is 4.59. The molecule has 1 heterocycles. The van der Waals surface area contributed by atoms with Gasteiger partial charge in [-0.25, -0.2) is 0 Å². The van der Waals surface area contributed by atoms with Gasteiger partial charge >= 0.3 is 0 Å². The molecule has 0 amide bonds. The molecule has 0 saturated heterocycles. The van der Waals surface area contributed by atoms with Gasteiger partial charge in [0.05, 0.1) is 12.1 Å². The first-order valence-corrected chi connectivity index (χ1v) is 4.88. The number of fused-ring (bicyclic) bond motifs is 1. The lowest BCUT2D eigenvalue weighted by molar-refractivity contribution is 0.775. The monoisotopic (exact) mass is 196 g/mol. The highest BCUT2D eigenvalue weighted by Gasteiger charge is 1.99. The van der Waals surface area contributed by atoms with Crippen molar-refractivity contribution >= 4 is 10.9 Å². The Morgan fingerprint density at radius 3 is 3.07 bits per heavy atom. The minimum absolute atomic E-state index is 0.594. The molecule has 2 rings (SSSR count). The fourth-order valence-electron chi connectivity index (χ4n) is 1.59. The van der Waals surface area contributed by atoms with E-state index in [2.05, 4.69) is 28.4 Å². The van der Waals surface area contributed by atoms with E-state index in [-0.39, 0.29) is 0 Å². The Morgan fingerprint density at radius 1 is 1.27 bits per heavy atom. The van der Waals surface area contributed by atoms with Gasteiger partial charge in [0.1, 0.15) is 0 Å². The minimum Gasteiger partial charge on any atom is -0.302 e. The fraction of sp³-hybridized carbons (Fsp3) is 0.154. The second-order valence-corrected chi connectivity index (χ2v) is 3.29. The largest absolute Gasteiger partial charge is 0.302 e. The zero-order valence-electron chi connectivity index (χ0n) is 8.40. The molecule has 0 aliphatic carbocycles. The third-order valence-corrected chi connectivity index (χ3v) is 2.28. The van der Waals surface area contributed by atoms with Crippen LogP contribution < -0.4 is 5.32 Å². The van der Waals surface area contributed by atoms with E-state index in [9.17, 15) is 0 Å². The molecular formula is C13H12N2. The van der Waals surface area contributed by atoms with E-state index >= 15 is 0 Å². The Balaban J connectivity index is 2.31. The molecule has 2 nitrogen and oxygen atoms in total. The van der Waals surface area contributed by atoms with Gasteiger partial charge in [-0.05, 0) is 17.7 Å². The predicted octanol–water partition coefficient (Wildman–Crippen LogP) is 1.96. The van der Waals surface area contributed by atoms with Gasteiger partial charge in [0, 0.05) is 18.1 Å². The van der Waals surface area contributed by atoms with Crippen LogP contribution in [0.15, 0.2) is 36.5 Å². The third-order valence-electron chi connectivity index (χ3n) is 2.28. The summed E-state index contributed by atoms with van der Waals surface area (Å²) in [5.74, 6) is 2.56. The molecule has 0 saturated carbocycles. The molecule has 0 aliphatic rings. The average molecular weight is 196 g/mol. The molecular weight excluding hydrogens is 184 g/mol. The fourth-order valence-corrected chi connectivity index (χ4v) is 1.59. The number of nitrogens with one attached hydrogen (secondary N) is 1. The zero-order chi connectivity index (χ0) is 10.5. The second-order valence-electron chi connectivity index (χ2n) is 3.29. The van der Waals surface area contributed by atoms with E-state index < -0.39 is 0 Å². The van der Waals surface area contributed by atoms with E-state index in [1.54, 1.807) is 6.20 Å². The summed E-state index contributed by atoms with van der Waals surface area (Å²) in [6, 6.07) is 10.2. The van der Waals surface area contributed by atoms with Crippen molar-refractivity contribution in [2.45, 2.75) is 6.54 Å². The van der Waals surface area contributed by atoms with Crippen molar-refractivity contribution in [3.05, 3.63) is 42.1 Å². The van der Waals surface area contributed by atoms with Gasteiger partial charge < -0.3 is 5.32 Å². The standard InChI is InChI=1S/C13H12N2/c1-2-8-14-10-11-5-3-7-13-12(11)6-4-9-15-13/h1,3-7,9,14H,8,10H2. The average Bonchev–Trinajstić information content (AvgIpc) is 2.30. The van der Waals surface area contributed by atoms with Gasteiger partial charge in [0.2, 0.25) is 0 Å². The summed E-state index contributed by atoms with van der Waals surface area (Å²) in [4.78, 5) is 4.30. The van der Waals surface area contributed by atoms with Gasteiger partial charge in [-0.15, -0.1) is 6.42 Å². The maximum absolute atomic E-state index is 5.18. The van der Waals surface area contributed by atoms with E-state index in [0.717, 1.165) is 12.1 Å². The highest BCUT2D eigenvalue weighted by molar-refractivity contribution is 5.81. The Kier molecular flexibility index (Phi) is 2.96. The molecule has 1 aromatic carbocycles. The Hall–Kier alpha value is -1.85. The van der Waals surface area contributed by atoms with Crippen LogP contribution in [0.3, 0.4) is 0 Å². The molecule has 1 N–H and O–H groups in total. The van der Waals surface area contributed by atoms with Crippen molar-refractivity contribution in [3.8, 4) is 12.3 Å². The molecule has 1 aromatic heterocycles. The van der Waals surface area contributed by atoms with Gasteiger partial charge in [0.15, 0.2) is 0 Å². The molecule has 0 unspecified atom stereocenters. The van der Waals surface area contributed by atoms with Crippen molar-refractivity contribution in [1.29, 1.82) is 0 Å². The van der Waals surface area contributed by atoms with Crippen LogP contribution in [0.2, 0.25) is 0 Å². The lowest BCUT2D eigenvalue weighted by Gasteiger charge is -2.05. The minimum atomic E-state index is 0.594. The molecule has 0 atom stereocenters. The molecule has 0 aliphatic heterocycles. The van der Waals surface area contributed by atoms with Crippen molar-refractivity contribution < 1.29 is 0 Å². The predicted molar refractivity (Wildman–Crippen MR) is 62.3 cm³/mol. The molecule has 0 bridgehead atoms. The van der Waals surface area contributed by atoms with Crippen molar-refractivity contribution in [1.82, 2.24) is 10.3 Å². The topological polar surface area (TPSA) is 24.9 Å². The number of hydrogen-bond acceptors (Lipinski definition) is 2. The number of hydrogen-bond donors (Lipinski definition) is 1. The summed E-state index contributed by atoms with van der Waals surface area (Å²) in [5.41, 5.74) is 2.26. The maximum Gasteiger partial charge on any atom is 0.0705 e. The normalized spacial score (nSPS) is 10.1. The lowest BCUT2D eigenvalue weighted by atomic mass is 10.1. The number of pyridine rings is 1. The third kappa shape index (κ3) is 2.15. The highest BCUT2D eigenvalue weighted by atomic mass is 14.8. The number of rotatable bonds is 3. The van der Waals surface area contributed by atoms with Crippen molar-refractivity contribution in [2.75, 3.05) is 6.54 Å². The van der Waals surface area contributed by atoms with E-state index in [1.807, 2.05) is 18.2 Å². The quantitative estimate of drug-likeness (QED) is 0.599. The first-order chi connectivity index (χ1) is 7.42. The SMILES string of the molecule is C#CCNCc1cccc2ncccc12. The number of benzene rings is 1. The van der Waals surface area contributed by atoms with Crippen LogP contribution in [-0.4, -0.2) is 11.5 Å². The van der Waals surface area contributed by atoms with Crippen LogP contribution in [0, 0.1) is 12.3 Å². The summed E-state index contributed by atoms with van der Waals surface area (Å²) in [5, 5.41) is 4.36. The van der Waals surface area contributed by atoms with Gasteiger partial charge in [-0.2, -0.15) is 0 Å². The first-order valence-electron chi connectivity index (χ1n) is 4.88. The molecule has 2 aromatic rings. The number of terminal acetylenes is 1. The van der Waals surface area contributed by atoms with Crippen LogP contribution in [0.1, 0.15) is 5.56 Å². The van der Waals surface area contributed by atoms with E-state index in [1.165, 1.54) is 10.9 Å². The molecule has 74 valence electrons. The van der Waals surface area contributed by atoms with Crippen LogP contribution >= 0.6 is 0 Å². The number of aromatic nitrogens is 1. The van der Waals surface area contributed by atoms with Gasteiger partial charge in [0.25, 0.3) is 0 Å². The van der Waals surface area contributed by atoms with Gasteiger partial charge in [-0.1, -0.05) is 24.1 Å². The van der Waals surface area contributed by atoms with E-state index in [4.69, 9.17) is 6.42 Å². The van der Waals surface area contributed by atoms with E-state index in [0.29, 0.717) is 6.54 Å². The van der Waals surface area contributed by atoms with Crippen LogP contribution in [0.4, 0.5) is 0 Å². The summed E-state index contributed by atoms with van der Waals surface area (Å²) in [6.07, 6.45) is 6.99. The van der Waals surface area contributed by atoms with Crippen molar-refractivity contribution in [2.24, 2.45) is 0 Å². The molecule has 0 radical (unpaired) electrons. The van der Waals surface area contributed by atoms with Crippen LogP contribution in [-0.2, 0) is 6.54 Å². The molecule has 0 spiro atoms. The summed E-state index contributed by atoms with van der Waals surface area (Å²) in [6.45, 7) is 1.38. The smallest absolute Gasteiger partial charge is 0.0705 e. The zero-order valence-corrected chi connectivity index (χ0v) is 8.40. The Bertz CT molecular complexity index is 492. The van der Waals surface area contributed by atoms with Crippen LogP contribution in [0.25, 0.3) is 10.9 Å². The summed E-state index contributed by atoms with van der Waals surface area (Å²) in [7, 11) is 0. The Labute approximate surface area is 89.3 Å². The Morgan fingerprint density at radius 2 is 2.20 bits per heavy atom. The molecule has 15 heavy (non-hydrogen) atoms. The molecule has 2 heteroatoms. The first kappa shape index (κ1) is 9.70.